The first kappa shape index (κ1) is 13.9. The van der Waals surface area contributed by atoms with Gasteiger partial charge >= 0.3 is 0 Å². The average Bonchev–Trinajstić information content (AvgIpc) is 2.48. The number of hydrogen-bond acceptors (Lipinski definition) is 2. The molecular formula is C17H22ClNO. The van der Waals surface area contributed by atoms with Crippen LogP contribution in [0.1, 0.15) is 60.0 Å². The molecule has 2 heterocycles. The zero-order chi connectivity index (χ0) is 14.1. The van der Waals surface area contributed by atoms with E-state index in [1.54, 1.807) is 0 Å². The molecule has 1 atom stereocenters. The Balaban J connectivity index is 1.99. The Morgan fingerprint density at radius 2 is 2.25 bits per heavy atom. The predicted molar refractivity (Wildman–Crippen MR) is 84.3 cm³/mol. The summed E-state index contributed by atoms with van der Waals surface area (Å²) in [5, 5.41) is 0. The van der Waals surface area contributed by atoms with Crippen molar-refractivity contribution < 1.29 is 4.79 Å². The monoisotopic (exact) mass is 291 g/mol. The van der Waals surface area contributed by atoms with Crippen LogP contribution in [0.4, 0.5) is 5.69 Å². The van der Waals surface area contributed by atoms with E-state index >= 15 is 0 Å². The Labute approximate surface area is 126 Å². The topological polar surface area (TPSA) is 20.3 Å². The number of aryl methyl sites for hydroxylation is 1. The van der Waals surface area contributed by atoms with E-state index in [2.05, 4.69) is 24.0 Å². The molecule has 20 heavy (non-hydrogen) atoms. The third-order valence-corrected chi connectivity index (χ3v) is 4.90. The largest absolute Gasteiger partial charge is 0.371 e. The molecule has 3 heteroatoms. The molecule has 1 aromatic carbocycles. The van der Waals surface area contributed by atoms with Crippen molar-refractivity contribution in [3.63, 3.8) is 0 Å². The van der Waals surface area contributed by atoms with Gasteiger partial charge in [0.25, 0.3) is 0 Å². The van der Waals surface area contributed by atoms with Crippen molar-refractivity contribution in [2.45, 2.75) is 44.9 Å². The normalized spacial score (nSPS) is 20.7. The summed E-state index contributed by atoms with van der Waals surface area (Å²) in [6.07, 6.45) is 4.86. The smallest absolute Gasteiger partial charge is 0.162 e. The summed E-state index contributed by atoms with van der Waals surface area (Å²) >= 11 is 5.70. The molecule has 0 amide bonds. The summed E-state index contributed by atoms with van der Waals surface area (Å²) in [6, 6.07) is 4.29. The predicted octanol–water partition coefficient (Wildman–Crippen LogP) is 4.15. The third-order valence-electron chi connectivity index (χ3n) is 4.63. The molecule has 0 aromatic heterocycles. The van der Waals surface area contributed by atoms with Gasteiger partial charge in [0, 0.05) is 36.6 Å². The minimum Gasteiger partial charge on any atom is -0.371 e. The molecule has 0 radical (unpaired) electrons. The second-order valence-electron chi connectivity index (χ2n) is 6.07. The Hall–Kier alpha value is -1.02. The lowest BCUT2D eigenvalue weighted by Gasteiger charge is -2.39. The standard InChI is InChI=1S/C17H22ClNO/c1-12-6-9-19-8-3-4-13-10-14(11-15(12)17(13)19)16(20)5-2-7-18/h10-12H,2-9H2,1H3. The Morgan fingerprint density at radius 1 is 1.40 bits per heavy atom. The number of hydrogen-bond donors (Lipinski definition) is 0. The zero-order valence-corrected chi connectivity index (χ0v) is 12.9. The van der Waals surface area contributed by atoms with Gasteiger partial charge in [-0.05, 0) is 54.9 Å². The number of carbonyl (C=O) groups is 1. The van der Waals surface area contributed by atoms with E-state index in [-0.39, 0.29) is 5.78 Å². The molecule has 2 aliphatic heterocycles. The van der Waals surface area contributed by atoms with Crippen molar-refractivity contribution in [3.05, 3.63) is 28.8 Å². The van der Waals surface area contributed by atoms with Crippen LogP contribution < -0.4 is 4.90 Å². The molecule has 0 bridgehead atoms. The van der Waals surface area contributed by atoms with Crippen molar-refractivity contribution >= 4 is 23.1 Å². The summed E-state index contributed by atoms with van der Waals surface area (Å²) in [4.78, 5) is 14.8. The van der Waals surface area contributed by atoms with Crippen molar-refractivity contribution in [2.24, 2.45) is 0 Å². The van der Waals surface area contributed by atoms with E-state index in [0.717, 1.165) is 18.4 Å². The van der Waals surface area contributed by atoms with Gasteiger partial charge in [-0.1, -0.05) is 6.92 Å². The molecule has 0 saturated carbocycles. The fourth-order valence-corrected chi connectivity index (χ4v) is 3.64. The van der Waals surface area contributed by atoms with Crippen LogP contribution in [0.3, 0.4) is 0 Å². The van der Waals surface area contributed by atoms with Crippen LogP contribution in [-0.4, -0.2) is 24.8 Å². The molecule has 108 valence electrons. The van der Waals surface area contributed by atoms with Gasteiger partial charge < -0.3 is 4.90 Å². The highest BCUT2D eigenvalue weighted by atomic mass is 35.5. The number of halogens is 1. The van der Waals surface area contributed by atoms with Crippen LogP contribution in [0, 0.1) is 0 Å². The average molecular weight is 292 g/mol. The van der Waals surface area contributed by atoms with E-state index < -0.39 is 0 Å². The molecule has 0 fully saturated rings. The van der Waals surface area contributed by atoms with E-state index in [4.69, 9.17) is 11.6 Å². The van der Waals surface area contributed by atoms with Crippen LogP contribution in [-0.2, 0) is 6.42 Å². The number of benzene rings is 1. The van der Waals surface area contributed by atoms with Crippen LogP contribution in [0.2, 0.25) is 0 Å². The lowest BCUT2D eigenvalue weighted by atomic mass is 9.84. The van der Waals surface area contributed by atoms with Gasteiger partial charge in [0.15, 0.2) is 5.78 Å². The van der Waals surface area contributed by atoms with Gasteiger partial charge in [0.05, 0.1) is 0 Å². The maximum Gasteiger partial charge on any atom is 0.162 e. The third kappa shape index (κ3) is 2.46. The fraction of sp³-hybridized carbons (Fsp3) is 0.588. The van der Waals surface area contributed by atoms with Gasteiger partial charge in [0.1, 0.15) is 0 Å². The highest BCUT2D eigenvalue weighted by molar-refractivity contribution is 6.18. The molecular weight excluding hydrogens is 270 g/mol. The van der Waals surface area contributed by atoms with Crippen LogP contribution in [0.5, 0.6) is 0 Å². The number of carbonyl (C=O) groups excluding carboxylic acids is 1. The number of anilines is 1. The van der Waals surface area contributed by atoms with Crippen molar-refractivity contribution in [3.8, 4) is 0 Å². The maximum absolute atomic E-state index is 12.3. The number of nitrogens with zero attached hydrogens (tertiary/aromatic N) is 1. The highest BCUT2D eigenvalue weighted by Gasteiger charge is 2.28. The molecule has 0 N–H and O–H groups in total. The maximum atomic E-state index is 12.3. The van der Waals surface area contributed by atoms with E-state index in [1.807, 2.05) is 0 Å². The van der Waals surface area contributed by atoms with Gasteiger partial charge in [0.2, 0.25) is 0 Å². The first-order valence-electron chi connectivity index (χ1n) is 7.71. The highest BCUT2D eigenvalue weighted by Crippen LogP contribution is 2.41. The lowest BCUT2D eigenvalue weighted by molar-refractivity contribution is 0.0981. The number of ketones is 1. The van der Waals surface area contributed by atoms with Crippen molar-refractivity contribution in [2.75, 3.05) is 23.9 Å². The Bertz CT molecular complexity index is 526. The molecule has 1 aromatic rings. The molecule has 3 rings (SSSR count). The summed E-state index contributed by atoms with van der Waals surface area (Å²) in [6.45, 7) is 4.63. The van der Waals surface area contributed by atoms with Crippen LogP contribution in [0.25, 0.3) is 0 Å². The number of alkyl halides is 1. The zero-order valence-electron chi connectivity index (χ0n) is 12.1. The summed E-state index contributed by atoms with van der Waals surface area (Å²) in [7, 11) is 0. The molecule has 2 nitrogen and oxygen atoms in total. The van der Waals surface area contributed by atoms with Gasteiger partial charge in [-0.25, -0.2) is 0 Å². The minimum atomic E-state index is 0.250. The second kappa shape index (κ2) is 5.77. The molecule has 0 spiro atoms. The first-order chi connectivity index (χ1) is 9.70. The summed E-state index contributed by atoms with van der Waals surface area (Å²) in [5.41, 5.74) is 5.11. The van der Waals surface area contributed by atoms with E-state index in [9.17, 15) is 4.79 Å². The van der Waals surface area contributed by atoms with E-state index in [0.29, 0.717) is 18.2 Å². The molecule has 0 saturated heterocycles. The quantitative estimate of drug-likeness (QED) is 0.613. The Kier molecular flexibility index (Phi) is 4.02. The summed E-state index contributed by atoms with van der Waals surface area (Å²) < 4.78 is 0. The number of Topliss-reactive ketones (excluding diaryl/α,β-unsaturated/α-hetero) is 1. The Morgan fingerprint density at radius 3 is 3.05 bits per heavy atom. The first-order valence-corrected chi connectivity index (χ1v) is 8.25. The second-order valence-corrected chi connectivity index (χ2v) is 6.45. The van der Waals surface area contributed by atoms with Crippen LogP contribution >= 0.6 is 11.6 Å². The van der Waals surface area contributed by atoms with Gasteiger partial charge in [-0.15, -0.1) is 11.6 Å². The van der Waals surface area contributed by atoms with Gasteiger partial charge in [-0.2, -0.15) is 0 Å². The fourth-order valence-electron chi connectivity index (χ4n) is 3.50. The lowest BCUT2D eigenvalue weighted by Crippen LogP contribution is -2.35. The SMILES string of the molecule is CC1CCN2CCCc3cc(C(=O)CCCCl)cc1c32. The number of rotatable bonds is 4. The molecule has 2 aliphatic rings. The van der Waals surface area contributed by atoms with E-state index in [1.165, 1.54) is 42.7 Å². The molecule has 0 aliphatic carbocycles. The minimum absolute atomic E-state index is 0.250. The molecule has 1 unspecified atom stereocenters. The van der Waals surface area contributed by atoms with Crippen molar-refractivity contribution in [1.82, 2.24) is 0 Å². The van der Waals surface area contributed by atoms with Crippen LogP contribution in [0.15, 0.2) is 12.1 Å². The van der Waals surface area contributed by atoms with Crippen molar-refractivity contribution in [1.29, 1.82) is 0 Å². The summed E-state index contributed by atoms with van der Waals surface area (Å²) in [5.74, 6) is 1.38. The van der Waals surface area contributed by atoms with Gasteiger partial charge in [-0.3, -0.25) is 4.79 Å².